The van der Waals surface area contributed by atoms with Crippen molar-refractivity contribution in [3.63, 3.8) is 0 Å². The molecule has 0 fully saturated rings. The number of benzene rings is 1. The zero-order valence-electron chi connectivity index (χ0n) is 12.7. The summed E-state index contributed by atoms with van der Waals surface area (Å²) < 4.78 is 2.33. The fraction of sp³-hybridized carbons (Fsp3) is 0.444. The van der Waals surface area contributed by atoms with Gasteiger partial charge in [0.05, 0.1) is 6.42 Å². The number of halogens is 1. The third kappa shape index (κ3) is 3.62. The van der Waals surface area contributed by atoms with Crippen LogP contribution in [-0.4, -0.2) is 29.7 Å². The highest BCUT2D eigenvalue weighted by Gasteiger charge is 2.33. The molecule has 0 saturated heterocycles. The Morgan fingerprint density at radius 2 is 1.90 bits per heavy atom. The number of fused-ring (bicyclic) bond motifs is 1. The summed E-state index contributed by atoms with van der Waals surface area (Å²) in [6.07, 6.45) is 5.80. The van der Waals surface area contributed by atoms with Crippen LogP contribution in [0.5, 0.6) is 0 Å². The van der Waals surface area contributed by atoms with Crippen LogP contribution in [0, 0.1) is 12.8 Å². The van der Waals surface area contributed by atoms with Gasteiger partial charge in [-0.25, -0.2) is 4.58 Å². The zero-order chi connectivity index (χ0) is 14.1. The Kier molecular flexibility index (Phi) is 5.36. The first-order chi connectivity index (χ1) is 9.63. The molecule has 0 saturated carbocycles. The number of allylic oxidation sites excluding steroid dienone is 2. The van der Waals surface area contributed by atoms with E-state index in [9.17, 15) is 4.79 Å². The largest absolute Gasteiger partial charge is 1.00 e. The SMILES string of the molecule is Cc1ccc(CC2=[N+](C)CCC3CCC(=O)C=C23)cc1.[I-]. The van der Waals surface area contributed by atoms with Gasteiger partial charge >= 0.3 is 0 Å². The van der Waals surface area contributed by atoms with Crippen LogP contribution < -0.4 is 24.0 Å². The monoisotopic (exact) mass is 395 g/mol. The third-order valence-electron chi connectivity index (χ3n) is 4.59. The molecular formula is C18H22INO. The first-order valence-electron chi connectivity index (χ1n) is 7.51. The summed E-state index contributed by atoms with van der Waals surface area (Å²) in [6, 6.07) is 8.73. The van der Waals surface area contributed by atoms with E-state index in [1.54, 1.807) is 0 Å². The standard InChI is InChI=1S/C18H22NO.HI/c1-13-3-5-14(6-4-13)11-18-17-12-16(20)8-7-15(17)9-10-19(18)2;/h3-6,12,15H,7-11H2,1-2H3;1H/q+1;/p-1. The van der Waals surface area contributed by atoms with Gasteiger partial charge in [-0.1, -0.05) is 29.8 Å². The molecular weight excluding hydrogens is 373 g/mol. The van der Waals surface area contributed by atoms with E-state index in [-0.39, 0.29) is 24.0 Å². The summed E-state index contributed by atoms with van der Waals surface area (Å²) in [5.41, 5.74) is 5.27. The molecule has 1 heterocycles. The number of nitrogens with zero attached hydrogens (tertiary/aromatic N) is 1. The molecule has 2 nitrogen and oxygen atoms in total. The van der Waals surface area contributed by atoms with Gasteiger partial charge in [0, 0.05) is 18.4 Å². The molecule has 0 amide bonds. The molecule has 0 bridgehead atoms. The van der Waals surface area contributed by atoms with Crippen molar-refractivity contribution in [2.75, 3.05) is 13.6 Å². The van der Waals surface area contributed by atoms with E-state index in [0.29, 0.717) is 11.7 Å². The Balaban J connectivity index is 0.00000161. The smallest absolute Gasteiger partial charge is 0.183 e. The number of rotatable bonds is 2. The number of carbonyl (C=O) groups is 1. The van der Waals surface area contributed by atoms with Crippen LogP contribution in [0.4, 0.5) is 0 Å². The Morgan fingerprint density at radius 3 is 2.62 bits per heavy atom. The van der Waals surface area contributed by atoms with Crippen molar-refractivity contribution in [2.24, 2.45) is 5.92 Å². The summed E-state index contributed by atoms with van der Waals surface area (Å²) >= 11 is 0. The summed E-state index contributed by atoms with van der Waals surface area (Å²) in [6.45, 7) is 3.22. The second kappa shape index (κ2) is 6.86. The first-order valence-corrected chi connectivity index (χ1v) is 7.51. The molecule has 0 aromatic heterocycles. The molecule has 3 heteroatoms. The second-order valence-electron chi connectivity index (χ2n) is 6.12. The van der Waals surface area contributed by atoms with E-state index in [0.717, 1.165) is 25.8 Å². The van der Waals surface area contributed by atoms with Crippen LogP contribution in [0.2, 0.25) is 0 Å². The second-order valence-corrected chi connectivity index (χ2v) is 6.12. The van der Waals surface area contributed by atoms with Gasteiger partial charge < -0.3 is 24.0 Å². The van der Waals surface area contributed by atoms with Gasteiger partial charge in [-0.2, -0.15) is 0 Å². The molecule has 0 radical (unpaired) electrons. The highest BCUT2D eigenvalue weighted by atomic mass is 127. The van der Waals surface area contributed by atoms with Crippen LogP contribution in [0.3, 0.4) is 0 Å². The number of carbonyl (C=O) groups excluding carboxylic acids is 1. The minimum atomic E-state index is 0. The molecule has 1 aromatic rings. The van der Waals surface area contributed by atoms with Crippen molar-refractivity contribution in [3.05, 3.63) is 47.0 Å². The molecule has 0 N–H and O–H groups in total. The molecule has 112 valence electrons. The Labute approximate surface area is 144 Å². The predicted octanol–water partition coefficient (Wildman–Crippen LogP) is -0.0660. The maximum absolute atomic E-state index is 11.8. The molecule has 3 rings (SSSR count). The van der Waals surface area contributed by atoms with Crippen LogP contribution >= 0.6 is 0 Å². The zero-order valence-corrected chi connectivity index (χ0v) is 14.9. The molecule has 1 atom stereocenters. The lowest BCUT2D eigenvalue weighted by Gasteiger charge is -2.27. The lowest BCUT2D eigenvalue weighted by molar-refractivity contribution is -0.503. The molecule has 1 unspecified atom stereocenters. The highest BCUT2D eigenvalue weighted by Crippen LogP contribution is 2.30. The maximum Gasteiger partial charge on any atom is 0.183 e. The molecule has 21 heavy (non-hydrogen) atoms. The van der Waals surface area contributed by atoms with Crippen molar-refractivity contribution >= 4 is 11.5 Å². The first kappa shape index (κ1) is 16.4. The molecule has 1 aromatic carbocycles. The fourth-order valence-corrected chi connectivity index (χ4v) is 3.30. The average molecular weight is 395 g/mol. The van der Waals surface area contributed by atoms with Gasteiger partial charge in [-0.15, -0.1) is 0 Å². The lowest BCUT2D eigenvalue weighted by atomic mass is 9.79. The Morgan fingerprint density at radius 1 is 1.19 bits per heavy atom. The lowest BCUT2D eigenvalue weighted by Crippen LogP contribution is -3.00. The quantitative estimate of drug-likeness (QED) is 0.508. The van der Waals surface area contributed by atoms with E-state index in [1.807, 2.05) is 6.08 Å². The highest BCUT2D eigenvalue weighted by molar-refractivity contribution is 6.05. The van der Waals surface area contributed by atoms with Crippen LogP contribution in [-0.2, 0) is 11.2 Å². The van der Waals surface area contributed by atoms with Gasteiger partial charge in [0.25, 0.3) is 0 Å². The van der Waals surface area contributed by atoms with E-state index >= 15 is 0 Å². The van der Waals surface area contributed by atoms with Crippen molar-refractivity contribution < 1.29 is 33.3 Å². The predicted molar refractivity (Wildman–Crippen MR) is 81.4 cm³/mol. The van der Waals surface area contributed by atoms with Gasteiger partial charge in [-0.05, 0) is 30.9 Å². The van der Waals surface area contributed by atoms with Gasteiger partial charge in [0.15, 0.2) is 11.5 Å². The van der Waals surface area contributed by atoms with Gasteiger partial charge in [0.1, 0.15) is 13.6 Å². The summed E-state index contributed by atoms with van der Waals surface area (Å²) in [5.74, 6) is 0.900. The van der Waals surface area contributed by atoms with Gasteiger partial charge in [0.2, 0.25) is 0 Å². The summed E-state index contributed by atoms with van der Waals surface area (Å²) in [7, 11) is 2.15. The van der Waals surface area contributed by atoms with Gasteiger partial charge in [-0.3, -0.25) is 4.79 Å². The molecule has 1 aliphatic carbocycles. The minimum absolute atomic E-state index is 0. The number of hydrogen-bond acceptors (Lipinski definition) is 1. The van der Waals surface area contributed by atoms with Crippen LogP contribution in [0.15, 0.2) is 35.9 Å². The van der Waals surface area contributed by atoms with E-state index in [2.05, 4.69) is 42.8 Å². The third-order valence-corrected chi connectivity index (χ3v) is 4.59. The maximum atomic E-state index is 11.8. The van der Waals surface area contributed by atoms with E-state index in [4.69, 9.17) is 0 Å². The topological polar surface area (TPSA) is 20.1 Å². The number of ketones is 1. The van der Waals surface area contributed by atoms with Crippen molar-refractivity contribution in [1.82, 2.24) is 0 Å². The fourth-order valence-electron chi connectivity index (χ4n) is 3.30. The Bertz CT molecular complexity index is 598. The van der Waals surface area contributed by atoms with Crippen LogP contribution in [0.25, 0.3) is 0 Å². The van der Waals surface area contributed by atoms with Crippen molar-refractivity contribution in [3.8, 4) is 0 Å². The Hall–Kier alpha value is -0.970. The number of hydrogen-bond donors (Lipinski definition) is 0. The molecule has 1 aliphatic heterocycles. The normalized spacial score (nSPS) is 21.5. The molecule has 2 aliphatic rings. The van der Waals surface area contributed by atoms with E-state index in [1.165, 1.54) is 28.8 Å². The molecule has 0 spiro atoms. The average Bonchev–Trinajstić information content (AvgIpc) is 2.44. The van der Waals surface area contributed by atoms with Crippen molar-refractivity contribution in [2.45, 2.75) is 32.6 Å². The number of aryl methyl sites for hydroxylation is 1. The minimum Gasteiger partial charge on any atom is -1.00 e. The summed E-state index contributed by atoms with van der Waals surface area (Å²) in [5, 5.41) is 0. The summed E-state index contributed by atoms with van der Waals surface area (Å²) in [4.78, 5) is 11.8. The van der Waals surface area contributed by atoms with Crippen molar-refractivity contribution in [1.29, 1.82) is 0 Å². The van der Waals surface area contributed by atoms with Crippen LogP contribution in [0.1, 0.15) is 30.4 Å². The van der Waals surface area contributed by atoms with E-state index < -0.39 is 0 Å².